The summed E-state index contributed by atoms with van der Waals surface area (Å²) in [5.41, 5.74) is 0.896. The van der Waals surface area contributed by atoms with Crippen molar-refractivity contribution in [3.8, 4) is 0 Å². The van der Waals surface area contributed by atoms with Gasteiger partial charge in [-0.15, -0.1) is 0 Å². The Kier molecular flexibility index (Phi) is 4.71. The van der Waals surface area contributed by atoms with Gasteiger partial charge in [0.15, 0.2) is 0 Å². The number of amides is 1. The van der Waals surface area contributed by atoms with Crippen LogP contribution < -0.4 is 10.5 Å². The third kappa shape index (κ3) is 3.35. The molecular formula is C16H18N2O2. The Morgan fingerprint density at radius 3 is 2.50 bits per heavy atom. The minimum absolute atomic E-state index is 0.178. The van der Waals surface area contributed by atoms with E-state index in [0.29, 0.717) is 12.2 Å². The number of anilines is 1. The predicted octanol–water partition coefficient (Wildman–Crippen LogP) is 2.82. The van der Waals surface area contributed by atoms with Crippen LogP contribution in [0.1, 0.15) is 30.3 Å². The minimum Gasteiger partial charge on any atom is -0.318 e. The molecule has 0 saturated heterocycles. The van der Waals surface area contributed by atoms with E-state index in [1.165, 1.54) is 6.07 Å². The Morgan fingerprint density at radius 2 is 1.85 bits per heavy atom. The molecule has 1 amide bonds. The van der Waals surface area contributed by atoms with Gasteiger partial charge in [0.25, 0.3) is 5.91 Å². The van der Waals surface area contributed by atoms with E-state index in [9.17, 15) is 9.59 Å². The van der Waals surface area contributed by atoms with Gasteiger partial charge in [-0.25, -0.2) is 0 Å². The van der Waals surface area contributed by atoms with Gasteiger partial charge in [0, 0.05) is 18.3 Å². The van der Waals surface area contributed by atoms with Crippen molar-refractivity contribution in [3.63, 3.8) is 0 Å². The average molecular weight is 270 g/mol. The monoisotopic (exact) mass is 270 g/mol. The third-order valence-corrected chi connectivity index (χ3v) is 3.05. The first-order valence-electron chi connectivity index (χ1n) is 6.78. The van der Waals surface area contributed by atoms with Crippen molar-refractivity contribution < 1.29 is 4.79 Å². The molecule has 0 bridgehead atoms. The van der Waals surface area contributed by atoms with E-state index in [-0.39, 0.29) is 11.5 Å². The van der Waals surface area contributed by atoms with Crippen molar-refractivity contribution >= 4 is 11.6 Å². The van der Waals surface area contributed by atoms with Gasteiger partial charge in [0.2, 0.25) is 5.56 Å². The Bertz CT molecular complexity index is 620. The maximum absolute atomic E-state index is 12.6. The number of hydrogen-bond donors (Lipinski definition) is 1. The van der Waals surface area contributed by atoms with Crippen molar-refractivity contribution in [2.75, 3.05) is 11.4 Å². The quantitative estimate of drug-likeness (QED) is 0.908. The summed E-state index contributed by atoms with van der Waals surface area (Å²) >= 11 is 0. The van der Waals surface area contributed by atoms with Crippen LogP contribution in [-0.2, 0) is 0 Å². The van der Waals surface area contributed by atoms with Crippen LogP contribution in [0.5, 0.6) is 0 Å². The first kappa shape index (κ1) is 14.1. The number of benzene rings is 1. The van der Waals surface area contributed by atoms with E-state index >= 15 is 0 Å². The second kappa shape index (κ2) is 6.70. The molecule has 0 aliphatic rings. The average Bonchev–Trinajstić information content (AvgIpc) is 2.48. The van der Waals surface area contributed by atoms with E-state index in [0.717, 1.165) is 18.5 Å². The fourth-order valence-corrected chi connectivity index (χ4v) is 1.99. The van der Waals surface area contributed by atoms with Gasteiger partial charge in [-0.3, -0.25) is 9.59 Å². The van der Waals surface area contributed by atoms with Crippen LogP contribution in [0.25, 0.3) is 0 Å². The highest BCUT2D eigenvalue weighted by Crippen LogP contribution is 2.16. The van der Waals surface area contributed by atoms with Crippen LogP contribution in [-0.4, -0.2) is 17.4 Å². The molecule has 0 radical (unpaired) electrons. The van der Waals surface area contributed by atoms with Crippen molar-refractivity contribution in [1.82, 2.24) is 4.98 Å². The summed E-state index contributed by atoms with van der Waals surface area (Å²) in [6.07, 6.45) is 1.92. The summed E-state index contributed by atoms with van der Waals surface area (Å²) in [5, 5.41) is 0. The lowest BCUT2D eigenvalue weighted by Gasteiger charge is -2.22. The number of pyridine rings is 1. The van der Waals surface area contributed by atoms with E-state index in [4.69, 9.17) is 0 Å². The predicted molar refractivity (Wildman–Crippen MR) is 80.1 cm³/mol. The second-order valence-corrected chi connectivity index (χ2v) is 4.57. The molecule has 4 nitrogen and oxygen atoms in total. The van der Waals surface area contributed by atoms with Crippen LogP contribution in [0, 0.1) is 0 Å². The molecule has 1 aromatic heterocycles. The number of hydrogen-bond acceptors (Lipinski definition) is 2. The number of aromatic amines is 1. The summed E-state index contributed by atoms with van der Waals surface area (Å²) in [6, 6.07) is 14.1. The van der Waals surface area contributed by atoms with E-state index in [1.807, 2.05) is 30.3 Å². The lowest BCUT2D eigenvalue weighted by Crippen LogP contribution is -2.33. The molecule has 1 aromatic carbocycles. The number of nitrogens with one attached hydrogen (secondary N) is 1. The highest BCUT2D eigenvalue weighted by molar-refractivity contribution is 6.04. The number of unbranched alkanes of at least 4 members (excludes halogenated alkanes) is 1. The lowest BCUT2D eigenvalue weighted by molar-refractivity contribution is 0.0981. The van der Waals surface area contributed by atoms with Crippen molar-refractivity contribution in [1.29, 1.82) is 0 Å². The molecule has 20 heavy (non-hydrogen) atoms. The van der Waals surface area contributed by atoms with Crippen LogP contribution in [0.15, 0.2) is 53.3 Å². The fourth-order valence-electron chi connectivity index (χ4n) is 1.99. The zero-order chi connectivity index (χ0) is 14.4. The normalized spacial score (nSPS) is 10.2. The zero-order valence-electron chi connectivity index (χ0n) is 11.5. The van der Waals surface area contributed by atoms with Gasteiger partial charge in [-0.05, 0) is 24.6 Å². The molecule has 0 fully saturated rings. The van der Waals surface area contributed by atoms with Crippen LogP contribution in [0.2, 0.25) is 0 Å². The van der Waals surface area contributed by atoms with Crippen LogP contribution in [0.4, 0.5) is 5.69 Å². The first-order valence-corrected chi connectivity index (χ1v) is 6.78. The molecule has 2 rings (SSSR count). The summed E-state index contributed by atoms with van der Waals surface area (Å²) < 4.78 is 0. The Balaban J connectivity index is 2.31. The molecule has 2 aromatic rings. The fraction of sp³-hybridized carbons (Fsp3) is 0.250. The van der Waals surface area contributed by atoms with E-state index < -0.39 is 0 Å². The number of rotatable bonds is 5. The Morgan fingerprint density at radius 1 is 1.10 bits per heavy atom. The molecule has 0 unspecified atom stereocenters. The number of nitrogens with zero attached hydrogens (tertiary/aromatic N) is 1. The number of para-hydroxylation sites is 1. The van der Waals surface area contributed by atoms with E-state index in [1.54, 1.807) is 17.0 Å². The maximum atomic E-state index is 12.6. The lowest BCUT2D eigenvalue weighted by atomic mass is 10.2. The summed E-state index contributed by atoms with van der Waals surface area (Å²) in [4.78, 5) is 28.2. The molecule has 0 saturated carbocycles. The highest BCUT2D eigenvalue weighted by Gasteiger charge is 2.17. The Labute approximate surface area is 118 Å². The maximum Gasteiger partial charge on any atom is 0.274 e. The molecule has 1 N–H and O–H groups in total. The summed E-state index contributed by atoms with van der Waals surface area (Å²) in [7, 11) is 0. The smallest absolute Gasteiger partial charge is 0.274 e. The van der Waals surface area contributed by atoms with Crippen molar-refractivity contribution in [2.24, 2.45) is 0 Å². The van der Waals surface area contributed by atoms with Gasteiger partial charge in [-0.1, -0.05) is 37.6 Å². The molecule has 0 aliphatic heterocycles. The molecule has 0 aliphatic carbocycles. The van der Waals surface area contributed by atoms with Gasteiger partial charge in [0.1, 0.15) is 5.69 Å². The van der Waals surface area contributed by atoms with Gasteiger partial charge < -0.3 is 9.88 Å². The number of aromatic nitrogens is 1. The van der Waals surface area contributed by atoms with Crippen molar-refractivity contribution in [3.05, 3.63) is 64.6 Å². The third-order valence-electron chi connectivity index (χ3n) is 3.05. The van der Waals surface area contributed by atoms with Crippen LogP contribution >= 0.6 is 0 Å². The standard InChI is InChI=1S/C16H18N2O2/c1-2-3-12-18(13-8-5-4-6-9-13)16(20)14-10-7-11-15(19)17-14/h4-11H,2-3,12H2,1H3,(H,17,19). The number of H-pyrrole nitrogens is 1. The molecule has 0 atom stereocenters. The highest BCUT2D eigenvalue weighted by atomic mass is 16.2. The number of carbonyl (C=O) groups excluding carboxylic acids is 1. The minimum atomic E-state index is -0.264. The zero-order valence-corrected chi connectivity index (χ0v) is 11.5. The van der Waals surface area contributed by atoms with Gasteiger partial charge in [-0.2, -0.15) is 0 Å². The molecule has 0 spiro atoms. The summed E-state index contributed by atoms with van der Waals surface area (Å²) in [5.74, 6) is -0.178. The largest absolute Gasteiger partial charge is 0.318 e. The van der Waals surface area contributed by atoms with Gasteiger partial charge in [0.05, 0.1) is 0 Å². The van der Waals surface area contributed by atoms with E-state index in [2.05, 4.69) is 11.9 Å². The molecule has 4 heteroatoms. The Hall–Kier alpha value is -2.36. The molecular weight excluding hydrogens is 252 g/mol. The van der Waals surface area contributed by atoms with Crippen LogP contribution in [0.3, 0.4) is 0 Å². The van der Waals surface area contributed by atoms with Crippen molar-refractivity contribution in [2.45, 2.75) is 19.8 Å². The second-order valence-electron chi connectivity index (χ2n) is 4.57. The SMILES string of the molecule is CCCCN(C(=O)c1cccc(=O)[nH]1)c1ccccc1. The van der Waals surface area contributed by atoms with Gasteiger partial charge >= 0.3 is 0 Å². The number of carbonyl (C=O) groups is 1. The first-order chi connectivity index (χ1) is 9.72. The molecule has 1 heterocycles. The topological polar surface area (TPSA) is 53.2 Å². The summed E-state index contributed by atoms with van der Waals surface area (Å²) in [6.45, 7) is 2.72. The molecule has 104 valence electrons.